The van der Waals surface area contributed by atoms with E-state index in [2.05, 4.69) is 10.6 Å². The van der Waals surface area contributed by atoms with Crippen LogP contribution in [0.3, 0.4) is 0 Å². The Morgan fingerprint density at radius 3 is 1.96 bits per heavy atom. The van der Waals surface area contributed by atoms with E-state index in [1.165, 1.54) is 36.9 Å². The van der Waals surface area contributed by atoms with Gasteiger partial charge in [-0.25, -0.2) is 9.59 Å². The zero-order valence-corrected chi connectivity index (χ0v) is 35.4. The maximum Gasteiger partial charge on any atom is 0.410 e. The lowest BCUT2D eigenvalue weighted by molar-refractivity contribution is -0.158. The van der Waals surface area contributed by atoms with Crippen LogP contribution in [0, 0.1) is 5.41 Å². The summed E-state index contributed by atoms with van der Waals surface area (Å²) in [7, 11) is 4.96. The van der Waals surface area contributed by atoms with Gasteiger partial charge >= 0.3 is 18.0 Å². The maximum atomic E-state index is 14.6. The molecule has 1 heterocycles. The van der Waals surface area contributed by atoms with Gasteiger partial charge in [0.15, 0.2) is 0 Å². The average molecular weight is 770 g/mol. The molecule has 0 radical (unpaired) electrons. The van der Waals surface area contributed by atoms with E-state index in [4.69, 9.17) is 14.6 Å². The summed E-state index contributed by atoms with van der Waals surface area (Å²) in [5.41, 5.74) is -1.51. The Bertz CT molecular complexity index is 1770. The highest BCUT2D eigenvalue weighted by Crippen LogP contribution is 2.37. The van der Waals surface area contributed by atoms with Gasteiger partial charge < -0.3 is 34.7 Å². The molecule has 0 saturated heterocycles. The number of nitrogens with zero attached hydrogens (tertiary/aromatic N) is 3. The fraction of sp³-hybridized carbons (Fsp3) is 0.610. The van der Waals surface area contributed by atoms with Crippen molar-refractivity contribution in [2.24, 2.45) is 12.5 Å². The summed E-state index contributed by atoms with van der Waals surface area (Å²) in [5, 5.41) is 15.6. The minimum absolute atomic E-state index is 0.0322. The van der Waals surface area contributed by atoms with Crippen molar-refractivity contribution in [2.75, 3.05) is 20.6 Å². The van der Waals surface area contributed by atoms with Gasteiger partial charge in [-0.2, -0.15) is 0 Å². The van der Waals surface area contributed by atoms with Crippen molar-refractivity contribution in [3.05, 3.63) is 47.7 Å². The molecule has 2 aromatic rings. The number of aliphatic carboxylic acids is 1. The zero-order valence-electron chi connectivity index (χ0n) is 35.4. The van der Waals surface area contributed by atoms with Crippen LogP contribution in [0.1, 0.15) is 101 Å². The molecule has 0 fully saturated rings. The second-order valence-electron chi connectivity index (χ2n) is 17.8. The molecule has 0 spiro atoms. The molecule has 306 valence electrons. The number of benzene rings is 1. The monoisotopic (exact) mass is 769 g/mol. The number of likely N-dealkylation sites (N-methyl/N-ethyl adjacent to an activating group) is 2. The number of carboxylic acid groups (broad SMARTS) is 1. The third-order valence-corrected chi connectivity index (χ3v) is 9.04. The molecule has 0 bridgehead atoms. The number of ether oxygens (including phenoxy) is 2. The number of carboxylic acids is 1. The number of fused-ring (bicyclic) bond motifs is 1. The predicted molar refractivity (Wildman–Crippen MR) is 211 cm³/mol. The topological polar surface area (TPSA) is 177 Å². The van der Waals surface area contributed by atoms with Gasteiger partial charge in [-0.05, 0) is 71.9 Å². The van der Waals surface area contributed by atoms with Crippen LogP contribution in [0.5, 0.6) is 0 Å². The Kier molecular flexibility index (Phi) is 14.9. The van der Waals surface area contributed by atoms with Crippen molar-refractivity contribution < 1.29 is 43.3 Å². The molecule has 3 atom stereocenters. The van der Waals surface area contributed by atoms with E-state index in [0.717, 1.165) is 16.5 Å². The highest BCUT2D eigenvalue weighted by molar-refractivity contribution is 5.96. The van der Waals surface area contributed by atoms with Crippen LogP contribution in [0.25, 0.3) is 10.9 Å². The van der Waals surface area contributed by atoms with Crippen LogP contribution in [0.2, 0.25) is 0 Å². The van der Waals surface area contributed by atoms with Gasteiger partial charge in [0, 0.05) is 62.2 Å². The van der Waals surface area contributed by atoms with Crippen LogP contribution < -0.4 is 10.6 Å². The quantitative estimate of drug-likeness (QED) is 0.170. The molecular weight excluding hydrogens is 706 g/mol. The van der Waals surface area contributed by atoms with Crippen molar-refractivity contribution >= 4 is 46.7 Å². The molecular formula is C41H63N5O9. The third kappa shape index (κ3) is 12.9. The van der Waals surface area contributed by atoms with Crippen molar-refractivity contribution in [3.8, 4) is 0 Å². The average Bonchev–Trinajstić information content (AvgIpc) is 3.38. The molecule has 0 aliphatic carbocycles. The number of para-hydroxylation sites is 1. The number of hydrogen-bond donors (Lipinski definition) is 3. The molecule has 0 saturated carbocycles. The standard InChI is InChI=1S/C41H63N5O9/c1-25(33(49)42-28(20-21-30(47)48)36(52)54-39(5,6)7)22-23-44(13)35(51)31(38(2,3)4)43-34(50)32(46(15)37(53)55-40(8,9)10)41(11,12)27-24-45(14)29-19-17-16-18-26(27)29/h16-19,22,24,28,31-32H,20-21,23H2,1-15H3,(H,42,49)(H,43,50)(H,47,48)/b25-22+/t28-,31?,32-/m1/s1. The number of amides is 4. The maximum absolute atomic E-state index is 14.6. The fourth-order valence-corrected chi connectivity index (χ4v) is 6.14. The Balaban J connectivity index is 2.43. The Labute approximate surface area is 325 Å². The number of hydrogen-bond acceptors (Lipinski definition) is 8. The van der Waals surface area contributed by atoms with Gasteiger partial charge in [0.2, 0.25) is 17.7 Å². The third-order valence-electron chi connectivity index (χ3n) is 9.04. The van der Waals surface area contributed by atoms with E-state index in [9.17, 15) is 28.8 Å². The van der Waals surface area contributed by atoms with Gasteiger partial charge in [0.05, 0.1) is 0 Å². The van der Waals surface area contributed by atoms with Crippen LogP contribution in [0.15, 0.2) is 42.1 Å². The minimum Gasteiger partial charge on any atom is -0.481 e. The van der Waals surface area contributed by atoms with Crippen LogP contribution in [-0.2, 0) is 45.9 Å². The largest absolute Gasteiger partial charge is 0.481 e. The molecule has 1 aromatic heterocycles. The number of carbonyl (C=O) groups excluding carboxylic acids is 5. The normalized spacial score (nSPS) is 14.3. The first kappa shape index (κ1) is 46.3. The van der Waals surface area contributed by atoms with Crippen LogP contribution >= 0.6 is 0 Å². The summed E-state index contributed by atoms with van der Waals surface area (Å²) in [5.74, 6) is -3.53. The Morgan fingerprint density at radius 2 is 1.44 bits per heavy atom. The zero-order chi connectivity index (χ0) is 42.4. The molecule has 55 heavy (non-hydrogen) atoms. The molecule has 1 aromatic carbocycles. The molecule has 4 amide bonds. The first-order valence-electron chi connectivity index (χ1n) is 18.5. The summed E-state index contributed by atoms with van der Waals surface area (Å²) >= 11 is 0. The summed E-state index contributed by atoms with van der Waals surface area (Å²) in [6, 6.07) is 4.41. The second-order valence-corrected chi connectivity index (χ2v) is 17.8. The van der Waals surface area contributed by atoms with Gasteiger partial charge in [-0.3, -0.25) is 24.1 Å². The molecule has 2 rings (SSSR count). The lowest BCUT2D eigenvalue weighted by Crippen LogP contribution is -2.62. The van der Waals surface area contributed by atoms with Gasteiger partial charge in [0.1, 0.15) is 29.3 Å². The first-order valence-corrected chi connectivity index (χ1v) is 18.5. The molecule has 14 heteroatoms. The van der Waals surface area contributed by atoms with Gasteiger partial charge in [-0.15, -0.1) is 0 Å². The first-order chi connectivity index (χ1) is 25.0. The van der Waals surface area contributed by atoms with E-state index < -0.39 is 75.9 Å². The predicted octanol–water partition coefficient (Wildman–Crippen LogP) is 5.32. The molecule has 0 aliphatic rings. The van der Waals surface area contributed by atoms with Crippen molar-refractivity contribution in [1.29, 1.82) is 0 Å². The number of aromatic nitrogens is 1. The summed E-state index contributed by atoms with van der Waals surface area (Å²) in [6.07, 6.45) is 2.21. The number of carbonyl (C=O) groups is 6. The highest BCUT2D eigenvalue weighted by atomic mass is 16.6. The smallest absolute Gasteiger partial charge is 0.410 e. The number of rotatable bonds is 14. The molecule has 1 unspecified atom stereocenters. The summed E-state index contributed by atoms with van der Waals surface area (Å²) in [4.78, 5) is 82.1. The Morgan fingerprint density at radius 1 is 0.873 bits per heavy atom. The van der Waals surface area contributed by atoms with E-state index >= 15 is 0 Å². The Hall–Kier alpha value is -4.88. The van der Waals surface area contributed by atoms with E-state index in [1.54, 1.807) is 41.5 Å². The molecule has 3 N–H and O–H groups in total. The number of esters is 1. The van der Waals surface area contributed by atoms with E-state index in [-0.39, 0.29) is 25.0 Å². The lowest BCUT2D eigenvalue weighted by Gasteiger charge is -2.41. The van der Waals surface area contributed by atoms with E-state index in [1.807, 2.05) is 76.7 Å². The number of nitrogens with one attached hydrogen (secondary N) is 2. The van der Waals surface area contributed by atoms with Crippen LogP contribution in [-0.4, -0.2) is 105 Å². The molecule has 0 aliphatic heterocycles. The molecule has 14 nitrogen and oxygen atoms in total. The lowest BCUT2D eigenvalue weighted by atomic mass is 9.76. The summed E-state index contributed by atoms with van der Waals surface area (Å²) in [6.45, 7) is 20.9. The van der Waals surface area contributed by atoms with Crippen molar-refractivity contribution in [1.82, 2.24) is 25.0 Å². The minimum atomic E-state index is -1.20. The highest BCUT2D eigenvalue weighted by Gasteiger charge is 2.46. The fourth-order valence-electron chi connectivity index (χ4n) is 6.14. The van der Waals surface area contributed by atoms with Gasteiger partial charge in [0.25, 0.3) is 0 Å². The van der Waals surface area contributed by atoms with Crippen LogP contribution in [0.4, 0.5) is 4.79 Å². The van der Waals surface area contributed by atoms with Gasteiger partial charge in [-0.1, -0.05) is 58.9 Å². The SMILES string of the molecule is C/C(=C\CN(C)C(=O)C(NC(=O)[C@@H](N(C)C(=O)OC(C)(C)C)C(C)(C)c1cn(C)c2ccccc12)C(C)(C)C)C(=O)N[C@H](CCC(=O)O)C(=O)OC(C)(C)C. The second kappa shape index (κ2) is 17.7. The van der Waals surface area contributed by atoms with Crippen molar-refractivity contribution in [3.63, 3.8) is 0 Å². The number of aryl methyl sites for hydroxylation is 1. The summed E-state index contributed by atoms with van der Waals surface area (Å²) < 4.78 is 13.1. The van der Waals surface area contributed by atoms with Crippen molar-refractivity contribution in [2.45, 2.75) is 131 Å². The van der Waals surface area contributed by atoms with E-state index in [0.29, 0.717) is 0 Å².